The van der Waals surface area contributed by atoms with Gasteiger partial charge in [0.25, 0.3) is 0 Å². The van der Waals surface area contributed by atoms with Crippen LogP contribution in [0.25, 0.3) is 0 Å². The number of carbonyl (C=O) groups excluding carboxylic acids is 2. The highest BCUT2D eigenvalue weighted by atomic mass is 16.5. The summed E-state index contributed by atoms with van der Waals surface area (Å²) < 4.78 is 16.2. The molecule has 1 aromatic rings. The first-order valence-corrected chi connectivity index (χ1v) is 7.85. The fraction of sp³-hybridized carbons (Fsp3) is 0.529. The summed E-state index contributed by atoms with van der Waals surface area (Å²) in [6.45, 7) is 0.268. The Morgan fingerprint density at radius 2 is 1.65 bits per heavy atom. The number of imide groups is 1. The van der Waals surface area contributed by atoms with Crippen molar-refractivity contribution in [1.29, 1.82) is 0 Å². The highest BCUT2D eigenvalue weighted by Gasteiger charge is 2.62. The van der Waals surface area contributed by atoms with Crippen LogP contribution in [0, 0.1) is 11.8 Å². The molecule has 0 N–H and O–H groups in total. The molecule has 6 nitrogen and oxygen atoms in total. The summed E-state index contributed by atoms with van der Waals surface area (Å²) in [6.07, 6.45) is 1.62. The molecule has 2 amide bonds. The van der Waals surface area contributed by atoms with Crippen LogP contribution in [0.1, 0.15) is 18.4 Å². The number of likely N-dealkylation sites (tertiary alicyclic amines) is 1. The van der Waals surface area contributed by atoms with E-state index in [-0.39, 0.29) is 42.4 Å². The van der Waals surface area contributed by atoms with Gasteiger partial charge in [-0.15, -0.1) is 0 Å². The van der Waals surface area contributed by atoms with Gasteiger partial charge in [0.2, 0.25) is 11.8 Å². The lowest BCUT2D eigenvalue weighted by atomic mass is 9.81. The quantitative estimate of drug-likeness (QED) is 0.785. The van der Waals surface area contributed by atoms with E-state index < -0.39 is 0 Å². The second-order valence-electron chi connectivity index (χ2n) is 6.29. The molecular weight excluding hydrogens is 298 g/mol. The van der Waals surface area contributed by atoms with Crippen molar-refractivity contribution in [3.63, 3.8) is 0 Å². The summed E-state index contributed by atoms with van der Waals surface area (Å²) >= 11 is 0. The van der Waals surface area contributed by atoms with Gasteiger partial charge in [-0.2, -0.15) is 0 Å². The summed E-state index contributed by atoms with van der Waals surface area (Å²) in [5, 5.41) is 0. The molecule has 3 fully saturated rings. The van der Waals surface area contributed by atoms with Gasteiger partial charge in [-0.1, -0.05) is 6.07 Å². The van der Waals surface area contributed by atoms with E-state index in [9.17, 15) is 9.59 Å². The Kier molecular flexibility index (Phi) is 3.30. The second kappa shape index (κ2) is 5.23. The number of rotatable bonds is 4. The van der Waals surface area contributed by atoms with Gasteiger partial charge in [0, 0.05) is 0 Å². The molecule has 1 aromatic carbocycles. The van der Waals surface area contributed by atoms with Gasteiger partial charge >= 0.3 is 0 Å². The number of amides is 2. The first-order valence-electron chi connectivity index (χ1n) is 7.85. The van der Waals surface area contributed by atoms with E-state index >= 15 is 0 Å². The Morgan fingerprint density at radius 3 is 2.22 bits per heavy atom. The zero-order valence-electron chi connectivity index (χ0n) is 13.2. The van der Waals surface area contributed by atoms with Crippen molar-refractivity contribution in [2.75, 3.05) is 14.2 Å². The molecule has 2 bridgehead atoms. The Bertz CT molecular complexity index is 645. The topological polar surface area (TPSA) is 65.1 Å². The average Bonchev–Trinajstić information content (AvgIpc) is 3.24. The van der Waals surface area contributed by atoms with E-state index in [2.05, 4.69) is 0 Å². The van der Waals surface area contributed by atoms with Crippen LogP contribution in [0.3, 0.4) is 0 Å². The minimum absolute atomic E-state index is 0.0724. The minimum atomic E-state index is -0.276. The molecule has 0 radical (unpaired) electrons. The lowest BCUT2D eigenvalue weighted by Gasteiger charge is -2.18. The molecule has 3 aliphatic heterocycles. The number of hydrogen-bond acceptors (Lipinski definition) is 5. The van der Waals surface area contributed by atoms with E-state index in [1.54, 1.807) is 26.4 Å². The average molecular weight is 317 g/mol. The van der Waals surface area contributed by atoms with Crippen LogP contribution in [-0.2, 0) is 20.9 Å². The number of benzene rings is 1. The molecule has 0 spiro atoms. The molecule has 2 unspecified atom stereocenters. The van der Waals surface area contributed by atoms with E-state index in [1.807, 2.05) is 6.07 Å². The van der Waals surface area contributed by atoms with Gasteiger partial charge in [0.1, 0.15) is 0 Å². The molecule has 0 aromatic heterocycles. The summed E-state index contributed by atoms with van der Waals surface area (Å²) in [5.41, 5.74) is 0.845. The third kappa shape index (κ3) is 2.05. The Morgan fingerprint density at radius 1 is 1.04 bits per heavy atom. The number of nitrogens with zero attached hydrogens (tertiary/aromatic N) is 1. The van der Waals surface area contributed by atoms with Crippen LogP contribution in [0.4, 0.5) is 0 Å². The van der Waals surface area contributed by atoms with Gasteiger partial charge in [-0.05, 0) is 30.5 Å². The predicted octanol–water partition coefficient (Wildman–Crippen LogP) is 1.37. The van der Waals surface area contributed by atoms with Crippen molar-refractivity contribution in [2.24, 2.45) is 11.8 Å². The third-order valence-electron chi connectivity index (χ3n) is 5.16. The van der Waals surface area contributed by atoms with Gasteiger partial charge in [-0.25, -0.2) is 0 Å². The Hall–Kier alpha value is -2.08. The molecule has 6 heteroatoms. The van der Waals surface area contributed by atoms with Gasteiger partial charge in [0.05, 0.1) is 44.8 Å². The highest BCUT2D eigenvalue weighted by molar-refractivity contribution is 6.06. The molecule has 0 saturated carbocycles. The Balaban J connectivity index is 1.58. The number of hydrogen-bond donors (Lipinski definition) is 0. The summed E-state index contributed by atoms with van der Waals surface area (Å²) in [7, 11) is 3.13. The third-order valence-corrected chi connectivity index (χ3v) is 5.16. The standard InChI is InChI=1S/C17H19NO5/c1-21-10-4-3-9(7-13(10)22-2)8-18-16(19)14-11-5-6-12(23-11)15(14)17(18)20/h3-4,7,11-12,14-15H,5-6,8H2,1-2H3/t11-,12-,14?,15?/m1/s1. The van der Waals surface area contributed by atoms with Crippen molar-refractivity contribution in [3.8, 4) is 11.5 Å². The maximum Gasteiger partial charge on any atom is 0.236 e. The minimum Gasteiger partial charge on any atom is -0.493 e. The maximum atomic E-state index is 12.6. The largest absolute Gasteiger partial charge is 0.493 e. The van der Waals surface area contributed by atoms with Crippen LogP contribution in [0.15, 0.2) is 18.2 Å². The first-order chi connectivity index (χ1) is 11.1. The number of methoxy groups -OCH3 is 2. The molecule has 3 saturated heterocycles. The fourth-order valence-corrected chi connectivity index (χ4v) is 4.09. The molecule has 3 heterocycles. The normalized spacial score (nSPS) is 31.7. The van der Waals surface area contributed by atoms with Crippen molar-refractivity contribution in [1.82, 2.24) is 4.90 Å². The van der Waals surface area contributed by atoms with Gasteiger partial charge in [0.15, 0.2) is 11.5 Å². The lowest BCUT2D eigenvalue weighted by molar-refractivity contribution is -0.143. The zero-order valence-corrected chi connectivity index (χ0v) is 13.2. The van der Waals surface area contributed by atoms with Crippen molar-refractivity contribution < 1.29 is 23.8 Å². The maximum absolute atomic E-state index is 12.6. The summed E-state index contributed by atoms with van der Waals surface area (Å²) in [6, 6.07) is 5.44. The molecule has 23 heavy (non-hydrogen) atoms. The van der Waals surface area contributed by atoms with E-state index in [0.717, 1.165) is 18.4 Å². The van der Waals surface area contributed by atoms with Crippen molar-refractivity contribution in [3.05, 3.63) is 23.8 Å². The fourth-order valence-electron chi connectivity index (χ4n) is 4.09. The number of fused-ring (bicyclic) bond motifs is 5. The molecule has 0 aliphatic carbocycles. The van der Waals surface area contributed by atoms with Crippen LogP contribution in [0.2, 0.25) is 0 Å². The summed E-state index contributed by atoms with van der Waals surface area (Å²) in [4.78, 5) is 26.7. The Labute approximate surface area is 134 Å². The van der Waals surface area contributed by atoms with Crippen molar-refractivity contribution >= 4 is 11.8 Å². The second-order valence-corrected chi connectivity index (χ2v) is 6.29. The van der Waals surface area contributed by atoms with Crippen LogP contribution in [0.5, 0.6) is 11.5 Å². The van der Waals surface area contributed by atoms with E-state index in [0.29, 0.717) is 11.5 Å². The first kappa shape index (κ1) is 14.5. The van der Waals surface area contributed by atoms with E-state index in [4.69, 9.17) is 14.2 Å². The molecule has 4 atom stereocenters. The van der Waals surface area contributed by atoms with E-state index in [1.165, 1.54) is 4.90 Å². The molecule has 3 aliphatic rings. The van der Waals surface area contributed by atoms with Gasteiger partial charge < -0.3 is 14.2 Å². The van der Waals surface area contributed by atoms with Gasteiger partial charge in [-0.3, -0.25) is 14.5 Å². The van der Waals surface area contributed by atoms with Crippen LogP contribution in [-0.4, -0.2) is 43.1 Å². The predicted molar refractivity (Wildman–Crippen MR) is 80.0 cm³/mol. The lowest BCUT2D eigenvalue weighted by Crippen LogP contribution is -2.33. The number of ether oxygens (including phenoxy) is 3. The molecule has 122 valence electrons. The van der Waals surface area contributed by atoms with Crippen LogP contribution >= 0.6 is 0 Å². The summed E-state index contributed by atoms with van der Waals surface area (Å²) in [5.74, 6) is 0.470. The highest BCUT2D eigenvalue weighted by Crippen LogP contribution is 2.48. The SMILES string of the molecule is COc1ccc(CN2C(=O)C3C(C2=O)[C@H]2CC[C@H]3O2)cc1OC. The zero-order chi connectivity index (χ0) is 16.1. The number of carbonyl (C=O) groups is 2. The molecular formula is C17H19NO5. The smallest absolute Gasteiger partial charge is 0.236 e. The monoisotopic (exact) mass is 317 g/mol. The molecule has 4 rings (SSSR count). The van der Waals surface area contributed by atoms with Crippen molar-refractivity contribution in [2.45, 2.75) is 31.6 Å². The van der Waals surface area contributed by atoms with Crippen LogP contribution < -0.4 is 9.47 Å².